The summed E-state index contributed by atoms with van der Waals surface area (Å²) in [5.41, 5.74) is 0.398. The van der Waals surface area contributed by atoms with Crippen molar-refractivity contribution in [1.82, 2.24) is 10.6 Å². The van der Waals surface area contributed by atoms with Gasteiger partial charge in [-0.15, -0.1) is 0 Å². The second kappa shape index (κ2) is 11.7. The number of ketones is 1. The van der Waals surface area contributed by atoms with Crippen molar-refractivity contribution < 1.29 is 24.3 Å². The maximum atomic E-state index is 12.2. The van der Waals surface area contributed by atoms with E-state index in [0.29, 0.717) is 15.6 Å². The van der Waals surface area contributed by atoms with Gasteiger partial charge >= 0.3 is 5.97 Å². The third kappa shape index (κ3) is 8.12. The fraction of sp³-hybridized carbons (Fsp3) is 0.450. The predicted molar refractivity (Wildman–Crippen MR) is 114 cm³/mol. The smallest absolute Gasteiger partial charge is 0.307 e. The van der Waals surface area contributed by atoms with E-state index in [-0.39, 0.29) is 31.0 Å². The Hall–Kier alpha value is -2.45. The van der Waals surface area contributed by atoms with Crippen molar-refractivity contribution in [3.8, 4) is 0 Å². The molecule has 0 heterocycles. The predicted octanol–water partition coefficient (Wildman–Crippen LogP) is 3.05. The fourth-order valence-electron chi connectivity index (χ4n) is 2.69. The lowest BCUT2D eigenvalue weighted by Gasteiger charge is -2.18. The highest BCUT2D eigenvalue weighted by molar-refractivity contribution is 6.36. The largest absolute Gasteiger partial charge is 0.481 e. The number of benzene rings is 1. The number of hydrogen-bond acceptors (Lipinski definition) is 5. The summed E-state index contributed by atoms with van der Waals surface area (Å²) in [5, 5.41) is 21.9. The highest BCUT2D eigenvalue weighted by Gasteiger charge is 2.27. The zero-order chi connectivity index (χ0) is 23.0. The molecule has 164 valence electrons. The van der Waals surface area contributed by atoms with E-state index in [1.54, 1.807) is 32.0 Å². The average Bonchev–Trinajstić information content (AvgIpc) is 2.61. The van der Waals surface area contributed by atoms with Gasteiger partial charge in [-0.2, -0.15) is 0 Å². The molecule has 0 aliphatic rings. The van der Waals surface area contributed by atoms with Crippen molar-refractivity contribution in [1.29, 1.82) is 5.41 Å². The molecule has 2 amide bonds. The van der Waals surface area contributed by atoms with Crippen molar-refractivity contribution in [2.24, 2.45) is 17.8 Å². The van der Waals surface area contributed by atoms with Crippen molar-refractivity contribution in [2.45, 2.75) is 40.0 Å². The van der Waals surface area contributed by atoms with Crippen molar-refractivity contribution in [3.05, 3.63) is 33.8 Å². The zero-order valence-corrected chi connectivity index (χ0v) is 18.4. The molecule has 0 spiro atoms. The molecular formula is C20H25Cl2N3O5. The lowest BCUT2D eigenvalue weighted by atomic mass is 9.86. The first-order valence-electron chi connectivity index (χ1n) is 9.29. The highest BCUT2D eigenvalue weighted by Crippen LogP contribution is 2.24. The quantitative estimate of drug-likeness (QED) is 0.333. The summed E-state index contributed by atoms with van der Waals surface area (Å²) in [6, 6.07) is 4.79. The molecule has 0 saturated carbocycles. The van der Waals surface area contributed by atoms with Gasteiger partial charge in [-0.25, -0.2) is 0 Å². The summed E-state index contributed by atoms with van der Waals surface area (Å²) >= 11 is 12.0. The zero-order valence-electron chi connectivity index (χ0n) is 16.9. The van der Waals surface area contributed by atoms with Crippen molar-refractivity contribution in [3.63, 3.8) is 0 Å². The maximum Gasteiger partial charge on any atom is 0.307 e. The standard InChI is InChI=1S/C20H25Cl2N3O5/c1-10(2)12(19(29)30)8-16(26)11(3)7-17(27)24-20(23)25-18(28)9-13-14(21)5-4-6-15(13)22/h4-6,10-12H,7-9H2,1-3H3,(H,29,30)(H3,23,24,25,27,28)/t11-,12+/m1/s1. The number of rotatable bonds is 9. The number of carboxylic acid groups (broad SMARTS) is 1. The first-order chi connectivity index (χ1) is 13.9. The molecule has 1 rings (SSSR count). The van der Waals surface area contributed by atoms with E-state index in [1.807, 2.05) is 0 Å². The van der Waals surface area contributed by atoms with E-state index in [4.69, 9.17) is 28.6 Å². The minimum atomic E-state index is -1.06. The second-order valence-corrected chi connectivity index (χ2v) is 8.13. The number of carbonyl (C=O) groups is 4. The van der Waals surface area contributed by atoms with Gasteiger partial charge in [0.05, 0.1) is 12.3 Å². The number of nitrogens with one attached hydrogen (secondary N) is 3. The van der Waals surface area contributed by atoms with Crippen LogP contribution in [0.4, 0.5) is 0 Å². The Morgan fingerprint density at radius 2 is 1.53 bits per heavy atom. The van der Waals surface area contributed by atoms with E-state index < -0.39 is 35.6 Å². The van der Waals surface area contributed by atoms with Crippen LogP contribution in [0.15, 0.2) is 18.2 Å². The molecule has 2 atom stereocenters. The molecule has 1 aromatic carbocycles. The van der Waals surface area contributed by atoms with Gasteiger partial charge < -0.3 is 5.11 Å². The normalized spacial score (nSPS) is 12.7. The third-order valence-electron chi connectivity index (χ3n) is 4.51. The van der Waals surface area contributed by atoms with Crippen LogP contribution < -0.4 is 10.6 Å². The first-order valence-corrected chi connectivity index (χ1v) is 10.0. The minimum Gasteiger partial charge on any atom is -0.481 e. The second-order valence-electron chi connectivity index (χ2n) is 7.31. The molecule has 0 unspecified atom stereocenters. The Morgan fingerprint density at radius 1 is 1.00 bits per heavy atom. The van der Waals surface area contributed by atoms with Gasteiger partial charge in [-0.3, -0.25) is 35.2 Å². The van der Waals surface area contributed by atoms with Gasteiger partial charge in [0.25, 0.3) is 0 Å². The summed E-state index contributed by atoms with van der Waals surface area (Å²) < 4.78 is 0. The molecule has 0 aliphatic heterocycles. The number of hydrogen-bond donors (Lipinski definition) is 4. The Bertz CT molecular complexity index is 821. The van der Waals surface area contributed by atoms with Gasteiger partial charge in [0.15, 0.2) is 0 Å². The molecular weight excluding hydrogens is 433 g/mol. The lowest BCUT2D eigenvalue weighted by molar-refractivity contribution is -0.145. The number of carboxylic acids is 1. The third-order valence-corrected chi connectivity index (χ3v) is 5.22. The van der Waals surface area contributed by atoms with Crippen LogP contribution in [0.2, 0.25) is 10.0 Å². The van der Waals surface area contributed by atoms with Gasteiger partial charge in [0.2, 0.25) is 17.8 Å². The molecule has 10 heteroatoms. The topological polar surface area (TPSA) is 136 Å². The highest BCUT2D eigenvalue weighted by atomic mass is 35.5. The molecule has 0 aromatic heterocycles. The maximum absolute atomic E-state index is 12.2. The number of aliphatic carboxylic acids is 1. The van der Waals surface area contributed by atoms with Crippen LogP contribution in [0.25, 0.3) is 0 Å². The molecule has 1 aromatic rings. The number of Topliss-reactive ketones (excluding diaryl/α,β-unsaturated/α-hetero) is 1. The van der Waals surface area contributed by atoms with Crippen LogP contribution in [0, 0.1) is 23.2 Å². The Labute approximate surface area is 184 Å². The number of carbonyl (C=O) groups excluding carboxylic acids is 3. The molecule has 0 fully saturated rings. The van der Waals surface area contributed by atoms with Gasteiger partial charge in [0.1, 0.15) is 5.78 Å². The average molecular weight is 458 g/mol. The first kappa shape index (κ1) is 25.6. The SMILES string of the molecule is CC(C)[C@H](CC(=O)[C@H](C)CC(=O)NC(=N)NC(=O)Cc1c(Cl)cccc1Cl)C(=O)O. The van der Waals surface area contributed by atoms with Crippen LogP contribution in [0.3, 0.4) is 0 Å². The summed E-state index contributed by atoms with van der Waals surface area (Å²) in [6.07, 6.45) is -0.594. The van der Waals surface area contributed by atoms with E-state index in [0.717, 1.165) is 0 Å². The lowest BCUT2D eigenvalue weighted by Crippen LogP contribution is -2.44. The summed E-state index contributed by atoms with van der Waals surface area (Å²) in [7, 11) is 0. The molecule has 30 heavy (non-hydrogen) atoms. The number of halogens is 2. The van der Waals surface area contributed by atoms with E-state index in [9.17, 15) is 24.3 Å². The Kier molecular flexibility index (Phi) is 9.95. The van der Waals surface area contributed by atoms with Crippen LogP contribution in [-0.4, -0.2) is 34.6 Å². The summed E-state index contributed by atoms with van der Waals surface area (Å²) in [5.74, 6) is -4.96. The molecule has 8 nitrogen and oxygen atoms in total. The Morgan fingerprint density at radius 3 is 2.03 bits per heavy atom. The summed E-state index contributed by atoms with van der Waals surface area (Å²) in [6.45, 7) is 4.94. The number of amides is 2. The Balaban J connectivity index is 2.53. The van der Waals surface area contributed by atoms with Crippen molar-refractivity contribution in [2.75, 3.05) is 0 Å². The van der Waals surface area contributed by atoms with Crippen LogP contribution in [0.5, 0.6) is 0 Å². The van der Waals surface area contributed by atoms with Gasteiger partial charge in [-0.1, -0.05) is 50.0 Å². The van der Waals surface area contributed by atoms with E-state index in [1.165, 1.54) is 6.92 Å². The van der Waals surface area contributed by atoms with E-state index in [2.05, 4.69) is 10.6 Å². The molecule has 0 radical (unpaired) electrons. The van der Waals surface area contributed by atoms with Crippen molar-refractivity contribution >= 4 is 52.7 Å². The molecule has 0 aliphatic carbocycles. The minimum absolute atomic E-state index is 0.172. The van der Waals surface area contributed by atoms with Crippen LogP contribution in [-0.2, 0) is 25.6 Å². The molecule has 0 saturated heterocycles. The summed E-state index contributed by atoms with van der Waals surface area (Å²) in [4.78, 5) is 47.6. The molecule has 0 bridgehead atoms. The fourth-order valence-corrected chi connectivity index (χ4v) is 3.22. The van der Waals surface area contributed by atoms with Gasteiger partial charge in [-0.05, 0) is 23.6 Å². The van der Waals surface area contributed by atoms with Gasteiger partial charge in [0, 0.05) is 28.8 Å². The van der Waals surface area contributed by atoms with Crippen LogP contribution >= 0.6 is 23.2 Å². The molecule has 4 N–H and O–H groups in total. The van der Waals surface area contributed by atoms with Crippen LogP contribution in [0.1, 0.15) is 39.2 Å². The van der Waals surface area contributed by atoms with E-state index >= 15 is 0 Å². The number of guanidine groups is 1. The monoisotopic (exact) mass is 457 g/mol.